The smallest absolute Gasteiger partial charge is 0.334 e. The summed E-state index contributed by atoms with van der Waals surface area (Å²) < 4.78 is 11.4. The van der Waals surface area contributed by atoms with Gasteiger partial charge in [-0.1, -0.05) is 13.5 Å². The summed E-state index contributed by atoms with van der Waals surface area (Å²) in [4.78, 5) is 11.7. The zero-order valence-electron chi connectivity index (χ0n) is 11.7. The Hall–Kier alpha value is -0.910. The summed E-state index contributed by atoms with van der Waals surface area (Å²) in [6, 6.07) is 0. The maximum Gasteiger partial charge on any atom is 0.334 e. The third-order valence-corrected chi connectivity index (χ3v) is 5.91. The van der Waals surface area contributed by atoms with E-state index in [1.54, 1.807) is 6.92 Å². The van der Waals surface area contributed by atoms with E-state index in [1.165, 1.54) is 0 Å². The molecule has 0 aromatic rings. The number of carbonyl (C=O) groups excluding carboxylic acids is 1. The van der Waals surface area contributed by atoms with E-state index in [2.05, 4.69) is 6.58 Å². The fourth-order valence-corrected chi connectivity index (χ4v) is 5.09. The van der Waals surface area contributed by atoms with Crippen LogP contribution in [0.25, 0.3) is 0 Å². The number of aliphatic hydroxyl groups excluding tert-OH is 1. The highest BCUT2D eigenvalue weighted by atomic mass is 16.6. The van der Waals surface area contributed by atoms with Crippen molar-refractivity contribution in [3.05, 3.63) is 12.2 Å². The van der Waals surface area contributed by atoms with Gasteiger partial charge in [0.05, 0.1) is 17.6 Å². The van der Waals surface area contributed by atoms with Gasteiger partial charge < -0.3 is 19.7 Å². The molecule has 2 saturated heterocycles. The lowest BCUT2D eigenvalue weighted by atomic mass is 9.76. The molecule has 8 atom stereocenters. The van der Waals surface area contributed by atoms with E-state index in [-0.39, 0.29) is 35.9 Å². The van der Waals surface area contributed by atoms with Gasteiger partial charge >= 0.3 is 5.97 Å². The van der Waals surface area contributed by atoms with E-state index in [4.69, 9.17) is 9.47 Å². The molecule has 0 aromatic heterocycles. The van der Waals surface area contributed by atoms with Crippen LogP contribution >= 0.6 is 0 Å². The molecule has 0 radical (unpaired) electrons. The Morgan fingerprint density at radius 1 is 1.45 bits per heavy atom. The molecule has 2 aliphatic heterocycles. The van der Waals surface area contributed by atoms with Gasteiger partial charge in [-0.15, -0.1) is 0 Å². The molecule has 2 aliphatic carbocycles. The van der Waals surface area contributed by atoms with E-state index in [1.807, 2.05) is 6.92 Å². The molecule has 0 amide bonds. The molecule has 2 heterocycles. The number of carbonyl (C=O) groups is 1. The lowest BCUT2D eigenvalue weighted by Gasteiger charge is -2.29. The van der Waals surface area contributed by atoms with Gasteiger partial charge in [0, 0.05) is 17.9 Å². The van der Waals surface area contributed by atoms with Crippen LogP contribution in [0.1, 0.15) is 26.7 Å². The molecule has 2 saturated carbocycles. The molecule has 20 heavy (non-hydrogen) atoms. The first kappa shape index (κ1) is 12.8. The number of hydrogen-bond donors (Lipinski definition) is 2. The molecule has 5 heteroatoms. The minimum atomic E-state index is -1.07. The third kappa shape index (κ3) is 1.23. The number of esters is 1. The van der Waals surface area contributed by atoms with Gasteiger partial charge in [-0.3, -0.25) is 0 Å². The van der Waals surface area contributed by atoms with Crippen LogP contribution in [0.3, 0.4) is 0 Å². The van der Waals surface area contributed by atoms with Crippen LogP contribution in [0, 0.1) is 17.8 Å². The largest absolute Gasteiger partial charge is 0.458 e. The Morgan fingerprint density at radius 2 is 2.15 bits per heavy atom. The second kappa shape index (κ2) is 3.46. The Bertz CT molecular complexity index is 512. The fraction of sp³-hybridized carbons (Fsp3) is 0.800. The Kier molecular flexibility index (Phi) is 2.21. The van der Waals surface area contributed by atoms with E-state index in [0.717, 1.165) is 0 Å². The van der Waals surface area contributed by atoms with Crippen molar-refractivity contribution in [3.63, 3.8) is 0 Å². The number of epoxide rings is 1. The van der Waals surface area contributed by atoms with Crippen molar-refractivity contribution in [2.45, 2.75) is 56.2 Å². The second-order valence-electron chi connectivity index (χ2n) is 7.11. The maximum atomic E-state index is 11.7. The van der Waals surface area contributed by atoms with E-state index in [0.29, 0.717) is 18.4 Å². The van der Waals surface area contributed by atoms with E-state index < -0.39 is 17.3 Å². The fourth-order valence-electron chi connectivity index (χ4n) is 5.09. The molecule has 4 aliphatic rings. The van der Waals surface area contributed by atoms with Gasteiger partial charge in [0.25, 0.3) is 0 Å². The van der Waals surface area contributed by atoms with Crippen LogP contribution in [0.5, 0.6) is 0 Å². The molecule has 0 bridgehead atoms. The maximum absolute atomic E-state index is 11.7. The minimum Gasteiger partial charge on any atom is -0.458 e. The van der Waals surface area contributed by atoms with Crippen molar-refractivity contribution >= 4 is 5.97 Å². The van der Waals surface area contributed by atoms with Crippen molar-refractivity contribution in [3.8, 4) is 0 Å². The quantitative estimate of drug-likeness (QED) is 0.381. The summed E-state index contributed by atoms with van der Waals surface area (Å²) in [6.07, 6.45) is -0.0734. The molecule has 1 spiro atoms. The van der Waals surface area contributed by atoms with Crippen molar-refractivity contribution in [2.75, 3.05) is 0 Å². The Balaban J connectivity index is 1.80. The summed E-state index contributed by atoms with van der Waals surface area (Å²) in [7, 11) is 0. The van der Waals surface area contributed by atoms with Crippen molar-refractivity contribution in [2.24, 2.45) is 17.8 Å². The first-order valence-electron chi connectivity index (χ1n) is 7.27. The topological polar surface area (TPSA) is 79.3 Å². The SMILES string of the molecule is C=C1C(=O)O[C@H]2C[C@@H](C)[C@H]3[C@@H](O)C[C@@](C)(O)[C@@]34O[C@H]4[C@H]12. The number of fused-ring (bicyclic) bond motifs is 2. The Labute approximate surface area is 117 Å². The number of hydrogen-bond acceptors (Lipinski definition) is 5. The number of rotatable bonds is 0. The molecule has 0 unspecified atom stereocenters. The van der Waals surface area contributed by atoms with Crippen molar-refractivity contribution in [1.82, 2.24) is 0 Å². The zero-order valence-corrected chi connectivity index (χ0v) is 11.7. The minimum absolute atomic E-state index is 0.111. The normalized spacial score (nSPS) is 60.4. The molecule has 5 nitrogen and oxygen atoms in total. The molecule has 0 aromatic carbocycles. The van der Waals surface area contributed by atoms with Crippen LogP contribution in [-0.2, 0) is 14.3 Å². The molecule has 110 valence electrons. The average molecular weight is 280 g/mol. The second-order valence-corrected chi connectivity index (χ2v) is 7.11. The van der Waals surface area contributed by atoms with Crippen LogP contribution in [0.15, 0.2) is 12.2 Å². The third-order valence-electron chi connectivity index (χ3n) is 5.91. The summed E-state index contributed by atoms with van der Waals surface area (Å²) in [6.45, 7) is 7.60. The molecule has 4 rings (SSSR count). The first-order valence-corrected chi connectivity index (χ1v) is 7.27. The highest BCUT2D eigenvalue weighted by molar-refractivity contribution is 5.91. The molecule has 2 N–H and O–H groups in total. The highest BCUT2D eigenvalue weighted by Crippen LogP contribution is 2.67. The van der Waals surface area contributed by atoms with E-state index >= 15 is 0 Å². The van der Waals surface area contributed by atoms with Crippen LogP contribution in [-0.4, -0.2) is 45.7 Å². The Morgan fingerprint density at radius 3 is 2.85 bits per heavy atom. The molecular weight excluding hydrogens is 260 g/mol. The van der Waals surface area contributed by atoms with Crippen LogP contribution in [0.2, 0.25) is 0 Å². The summed E-state index contributed by atoms with van der Waals surface area (Å²) in [5, 5.41) is 21.1. The zero-order chi connectivity index (χ0) is 14.4. The predicted octanol–water partition coefficient (Wildman–Crippen LogP) is 0.393. The van der Waals surface area contributed by atoms with E-state index in [9.17, 15) is 15.0 Å². The average Bonchev–Trinajstić information content (AvgIpc) is 2.93. The summed E-state index contributed by atoms with van der Waals surface area (Å²) in [5.41, 5.74) is -1.37. The first-order chi connectivity index (χ1) is 9.29. The van der Waals surface area contributed by atoms with Crippen molar-refractivity contribution < 1.29 is 24.5 Å². The van der Waals surface area contributed by atoms with Gasteiger partial charge in [-0.05, 0) is 19.3 Å². The number of ether oxygens (including phenoxy) is 2. The van der Waals surface area contributed by atoms with Crippen LogP contribution in [0.4, 0.5) is 0 Å². The standard InChI is InChI=1S/C15H20O5/c1-6-4-9-10(7(2)13(17)19-9)12-15(20-12)11(6)8(16)5-14(15,3)18/h6,8-12,16,18H,2,4-5H2,1,3H3/t6-,8+,9+,10-,11+,12+,14-,15-/m1/s1. The lowest BCUT2D eigenvalue weighted by molar-refractivity contribution is -0.140. The van der Waals surface area contributed by atoms with Gasteiger partial charge in [-0.2, -0.15) is 0 Å². The van der Waals surface area contributed by atoms with Crippen LogP contribution < -0.4 is 0 Å². The van der Waals surface area contributed by atoms with Gasteiger partial charge in [0.1, 0.15) is 17.8 Å². The highest BCUT2D eigenvalue weighted by Gasteiger charge is 2.80. The molecule has 4 fully saturated rings. The van der Waals surface area contributed by atoms with Gasteiger partial charge in [0.15, 0.2) is 0 Å². The van der Waals surface area contributed by atoms with Crippen molar-refractivity contribution in [1.29, 1.82) is 0 Å². The van der Waals surface area contributed by atoms with Gasteiger partial charge in [-0.25, -0.2) is 4.79 Å². The van der Waals surface area contributed by atoms with Gasteiger partial charge in [0.2, 0.25) is 0 Å². The number of aliphatic hydroxyl groups is 2. The summed E-state index contributed by atoms with van der Waals surface area (Å²) >= 11 is 0. The lowest BCUT2D eigenvalue weighted by Crippen LogP contribution is -2.45. The monoisotopic (exact) mass is 280 g/mol. The summed E-state index contributed by atoms with van der Waals surface area (Å²) in [5.74, 6) is -0.529. The molecular formula is C15H20O5. The predicted molar refractivity (Wildman–Crippen MR) is 68.6 cm³/mol.